The number of carboxylic acid groups (broad SMARTS) is 1. The SMILES string of the molecule is Cc1cccc(C)c1Cc1ccc(COc2ccc(CCC(=O)O)cc2)cc1. The molecule has 0 bridgehead atoms. The average Bonchev–Trinajstić information content (AvgIpc) is 2.69. The van der Waals surface area contributed by atoms with Gasteiger partial charge in [0.25, 0.3) is 0 Å². The topological polar surface area (TPSA) is 46.5 Å². The zero-order valence-electron chi connectivity index (χ0n) is 16.4. The molecule has 0 heterocycles. The second kappa shape index (κ2) is 9.23. The highest BCUT2D eigenvalue weighted by Crippen LogP contribution is 2.19. The van der Waals surface area contributed by atoms with Gasteiger partial charge in [0.15, 0.2) is 0 Å². The van der Waals surface area contributed by atoms with Crippen LogP contribution in [0.5, 0.6) is 5.75 Å². The maximum atomic E-state index is 10.6. The normalized spacial score (nSPS) is 10.6. The third kappa shape index (κ3) is 5.46. The van der Waals surface area contributed by atoms with Crippen LogP contribution < -0.4 is 4.74 Å². The molecule has 1 N–H and O–H groups in total. The van der Waals surface area contributed by atoms with Crippen LogP contribution in [-0.2, 0) is 24.2 Å². The summed E-state index contributed by atoms with van der Waals surface area (Å²) in [5.41, 5.74) is 7.49. The van der Waals surface area contributed by atoms with Gasteiger partial charge in [0.05, 0.1) is 0 Å². The summed E-state index contributed by atoms with van der Waals surface area (Å²) in [4.78, 5) is 10.6. The van der Waals surface area contributed by atoms with E-state index in [1.54, 1.807) is 0 Å². The van der Waals surface area contributed by atoms with E-state index in [4.69, 9.17) is 9.84 Å². The molecule has 0 aliphatic heterocycles. The number of hydrogen-bond donors (Lipinski definition) is 1. The monoisotopic (exact) mass is 374 g/mol. The van der Waals surface area contributed by atoms with Crippen molar-refractivity contribution in [2.24, 2.45) is 0 Å². The van der Waals surface area contributed by atoms with Gasteiger partial charge >= 0.3 is 5.97 Å². The molecule has 28 heavy (non-hydrogen) atoms. The smallest absolute Gasteiger partial charge is 0.303 e. The zero-order valence-corrected chi connectivity index (χ0v) is 16.4. The maximum absolute atomic E-state index is 10.6. The van der Waals surface area contributed by atoms with Gasteiger partial charge < -0.3 is 9.84 Å². The molecule has 3 nitrogen and oxygen atoms in total. The Hall–Kier alpha value is -3.07. The molecule has 0 radical (unpaired) electrons. The number of rotatable bonds is 8. The molecule has 144 valence electrons. The van der Waals surface area contributed by atoms with Crippen LogP contribution in [0, 0.1) is 13.8 Å². The first-order chi connectivity index (χ1) is 13.5. The average molecular weight is 374 g/mol. The number of aryl methyl sites for hydroxylation is 3. The molecule has 0 unspecified atom stereocenters. The van der Waals surface area contributed by atoms with Gasteiger partial charge in [-0.05, 0) is 72.2 Å². The van der Waals surface area contributed by atoms with Gasteiger partial charge in [-0.15, -0.1) is 0 Å². The molecule has 0 saturated heterocycles. The lowest BCUT2D eigenvalue weighted by atomic mass is 9.96. The number of aliphatic carboxylic acids is 1. The predicted molar refractivity (Wildman–Crippen MR) is 112 cm³/mol. The lowest BCUT2D eigenvalue weighted by Gasteiger charge is -2.11. The molecule has 0 amide bonds. The molecule has 0 aliphatic rings. The summed E-state index contributed by atoms with van der Waals surface area (Å²) in [7, 11) is 0. The Morgan fingerprint density at radius 2 is 1.39 bits per heavy atom. The summed E-state index contributed by atoms with van der Waals surface area (Å²) < 4.78 is 5.85. The third-order valence-electron chi connectivity index (χ3n) is 5.00. The van der Waals surface area contributed by atoms with Crippen LogP contribution in [0.3, 0.4) is 0 Å². The van der Waals surface area contributed by atoms with Crippen LogP contribution in [0.25, 0.3) is 0 Å². The number of carbonyl (C=O) groups is 1. The molecule has 0 aliphatic carbocycles. The molecule has 3 aromatic carbocycles. The predicted octanol–water partition coefficient (Wildman–Crippen LogP) is 5.49. The number of hydrogen-bond acceptors (Lipinski definition) is 2. The van der Waals surface area contributed by atoms with E-state index < -0.39 is 5.97 Å². The van der Waals surface area contributed by atoms with Gasteiger partial charge in [0.2, 0.25) is 0 Å². The Bertz CT molecular complexity index is 905. The first kappa shape index (κ1) is 19.7. The van der Waals surface area contributed by atoms with Crippen LogP contribution >= 0.6 is 0 Å². The highest BCUT2D eigenvalue weighted by Gasteiger charge is 2.04. The first-order valence-electron chi connectivity index (χ1n) is 9.58. The van der Waals surface area contributed by atoms with Gasteiger partial charge in [-0.2, -0.15) is 0 Å². The van der Waals surface area contributed by atoms with Crippen molar-refractivity contribution in [3.8, 4) is 5.75 Å². The Morgan fingerprint density at radius 3 is 2.00 bits per heavy atom. The molecular formula is C25H26O3. The van der Waals surface area contributed by atoms with E-state index in [1.165, 1.54) is 22.3 Å². The van der Waals surface area contributed by atoms with Gasteiger partial charge in [-0.3, -0.25) is 4.79 Å². The lowest BCUT2D eigenvalue weighted by molar-refractivity contribution is -0.136. The van der Waals surface area contributed by atoms with E-state index >= 15 is 0 Å². The summed E-state index contributed by atoms with van der Waals surface area (Å²) >= 11 is 0. The molecule has 0 atom stereocenters. The second-order valence-corrected chi connectivity index (χ2v) is 7.19. The largest absolute Gasteiger partial charge is 0.489 e. The Balaban J connectivity index is 1.55. The van der Waals surface area contributed by atoms with E-state index in [-0.39, 0.29) is 6.42 Å². The molecule has 0 aromatic heterocycles. The highest BCUT2D eigenvalue weighted by atomic mass is 16.5. The van der Waals surface area contributed by atoms with Crippen LogP contribution in [0.1, 0.15) is 39.8 Å². The van der Waals surface area contributed by atoms with Gasteiger partial charge in [0, 0.05) is 6.42 Å². The van der Waals surface area contributed by atoms with Crippen molar-refractivity contribution in [2.45, 2.75) is 39.7 Å². The van der Waals surface area contributed by atoms with Crippen LogP contribution in [0.15, 0.2) is 66.7 Å². The van der Waals surface area contributed by atoms with Gasteiger partial charge in [0.1, 0.15) is 12.4 Å². The highest BCUT2D eigenvalue weighted by molar-refractivity contribution is 5.67. The van der Waals surface area contributed by atoms with E-state index in [0.717, 1.165) is 23.3 Å². The van der Waals surface area contributed by atoms with Crippen molar-refractivity contribution in [3.05, 3.63) is 100 Å². The van der Waals surface area contributed by atoms with Crippen molar-refractivity contribution in [3.63, 3.8) is 0 Å². The van der Waals surface area contributed by atoms with Gasteiger partial charge in [-0.25, -0.2) is 0 Å². The number of ether oxygens (including phenoxy) is 1. The number of benzene rings is 3. The minimum Gasteiger partial charge on any atom is -0.489 e. The van der Waals surface area contributed by atoms with Crippen molar-refractivity contribution < 1.29 is 14.6 Å². The lowest BCUT2D eigenvalue weighted by Crippen LogP contribution is -1.99. The summed E-state index contributed by atoms with van der Waals surface area (Å²) in [6.45, 7) is 4.84. The fraction of sp³-hybridized carbons (Fsp3) is 0.240. The van der Waals surface area contributed by atoms with Crippen molar-refractivity contribution >= 4 is 5.97 Å². The minimum atomic E-state index is -0.777. The van der Waals surface area contributed by atoms with Gasteiger partial charge in [-0.1, -0.05) is 54.6 Å². The second-order valence-electron chi connectivity index (χ2n) is 7.19. The third-order valence-corrected chi connectivity index (χ3v) is 5.00. The quantitative estimate of drug-likeness (QED) is 0.567. The summed E-state index contributed by atoms with van der Waals surface area (Å²) in [6, 6.07) is 22.6. The first-order valence-corrected chi connectivity index (χ1v) is 9.58. The van der Waals surface area contributed by atoms with Crippen molar-refractivity contribution in [1.82, 2.24) is 0 Å². The van der Waals surface area contributed by atoms with E-state index in [2.05, 4.69) is 56.3 Å². The fourth-order valence-electron chi connectivity index (χ4n) is 3.26. The standard InChI is InChI=1S/C25H26O3/c1-18-4-3-5-19(2)24(18)16-21-6-8-22(9-7-21)17-28-23-13-10-20(11-14-23)12-15-25(26)27/h3-11,13-14H,12,15-17H2,1-2H3,(H,26,27). The van der Waals surface area contributed by atoms with Crippen LogP contribution in [-0.4, -0.2) is 11.1 Å². The molecule has 3 heteroatoms. The van der Waals surface area contributed by atoms with E-state index in [0.29, 0.717) is 13.0 Å². The zero-order chi connectivity index (χ0) is 19.9. The Labute approximate surface area is 166 Å². The summed E-state index contributed by atoms with van der Waals surface area (Å²) in [6.07, 6.45) is 1.63. The molecular weight excluding hydrogens is 348 g/mol. The maximum Gasteiger partial charge on any atom is 0.303 e. The molecule has 3 rings (SSSR count). The minimum absolute atomic E-state index is 0.147. The Morgan fingerprint density at radius 1 is 0.821 bits per heavy atom. The molecule has 0 spiro atoms. The summed E-state index contributed by atoms with van der Waals surface area (Å²) in [5.74, 6) is 0.0139. The number of carboxylic acids is 1. The van der Waals surface area contributed by atoms with Crippen LogP contribution in [0.4, 0.5) is 0 Å². The Kier molecular flexibility index (Phi) is 6.49. The van der Waals surface area contributed by atoms with Crippen LogP contribution in [0.2, 0.25) is 0 Å². The molecule has 0 saturated carbocycles. The van der Waals surface area contributed by atoms with E-state index in [9.17, 15) is 4.79 Å². The van der Waals surface area contributed by atoms with Crippen molar-refractivity contribution in [1.29, 1.82) is 0 Å². The molecule has 0 fully saturated rings. The van der Waals surface area contributed by atoms with E-state index in [1.807, 2.05) is 24.3 Å². The van der Waals surface area contributed by atoms with Crippen molar-refractivity contribution in [2.75, 3.05) is 0 Å². The summed E-state index contributed by atoms with van der Waals surface area (Å²) in [5, 5.41) is 8.74. The fourth-order valence-corrected chi connectivity index (χ4v) is 3.26. The molecule has 3 aromatic rings.